The van der Waals surface area contributed by atoms with Crippen LogP contribution in [0.5, 0.6) is 0 Å². The molecule has 0 saturated carbocycles. The van der Waals surface area contributed by atoms with Crippen molar-refractivity contribution in [3.63, 3.8) is 0 Å². The third-order valence-corrected chi connectivity index (χ3v) is 2.72. The van der Waals surface area contributed by atoms with E-state index < -0.39 is 0 Å². The number of halogens is 1. The number of anilines is 1. The molecule has 0 bridgehead atoms. The van der Waals surface area contributed by atoms with Crippen LogP contribution in [0.4, 0.5) is 5.95 Å². The molecule has 5 heteroatoms. The van der Waals surface area contributed by atoms with Gasteiger partial charge in [0, 0.05) is 19.5 Å². The highest BCUT2D eigenvalue weighted by Crippen LogP contribution is 2.26. The third-order valence-electron chi connectivity index (χ3n) is 1.98. The van der Waals surface area contributed by atoms with Crippen molar-refractivity contribution in [1.82, 2.24) is 9.97 Å². The molecule has 0 aliphatic carbocycles. The first-order valence-electron chi connectivity index (χ1n) is 4.71. The van der Waals surface area contributed by atoms with Crippen molar-refractivity contribution in [3.8, 4) is 0 Å². The Labute approximate surface area is 97.8 Å². The Kier molecular flexibility index (Phi) is 3.23. The lowest BCUT2D eigenvalue weighted by molar-refractivity contribution is 0.561. The predicted octanol–water partition coefficient (Wildman–Crippen LogP) is 1.90. The summed E-state index contributed by atoms with van der Waals surface area (Å²) in [5.74, 6) is 0.577. The molecule has 0 aliphatic rings. The van der Waals surface area contributed by atoms with Crippen LogP contribution in [-0.2, 0) is 5.41 Å². The average Bonchev–Trinajstić information content (AvgIpc) is 2.06. The van der Waals surface area contributed by atoms with Gasteiger partial charge in [0.25, 0.3) is 5.56 Å². The third kappa shape index (κ3) is 2.59. The molecule has 0 spiro atoms. The molecule has 0 aromatic carbocycles. The number of rotatable bonds is 1. The van der Waals surface area contributed by atoms with E-state index in [1.54, 1.807) is 4.90 Å². The highest BCUT2D eigenvalue weighted by molar-refractivity contribution is 9.10. The van der Waals surface area contributed by atoms with Crippen molar-refractivity contribution < 1.29 is 0 Å². The van der Waals surface area contributed by atoms with Gasteiger partial charge >= 0.3 is 0 Å². The summed E-state index contributed by atoms with van der Waals surface area (Å²) >= 11 is 3.27. The van der Waals surface area contributed by atoms with E-state index >= 15 is 0 Å². The number of hydrogen-bond donors (Lipinski definition) is 1. The number of nitrogens with one attached hydrogen (secondary N) is 1. The fourth-order valence-corrected chi connectivity index (χ4v) is 1.94. The van der Waals surface area contributed by atoms with Gasteiger partial charge in [0.1, 0.15) is 4.47 Å². The molecule has 0 aliphatic heterocycles. The van der Waals surface area contributed by atoms with Gasteiger partial charge in [-0.25, -0.2) is 4.98 Å². The zero-order chi connectivity index (χ0) is 11.8. The Balaban J connectivity index is 3.46. The Morgan fingerprint density at radius 2 is 1.87 bits per heavy atom. The van der Waals surface area contributed by atoms with E-state index in [0.717, 1.165) is 5.69 Å². The highest BCUT2D eigenvalue weighted by atomic mass is 79.9. The Morgan fingerprint density at radius 3 is 2.27 bits per heavy atom. The van der Waals surface area contributed by atoms with Gasteiger partial charge in [0.15, 0.2) is 0 Å². The van der Waals surface area contributed by atoms with E-state index in [-0.39, 0.29) is 11.0 Å². The van der Waals surface area contributed by atoms with Crippen LogP contribution in [-0.4, -0.2) is 24.1 Å². The summed E-state index contributed by atoms with van der Waals surface area (Å²) in [6, 6.07) is 0. The van der Waals surface area contributed by atoms with Crippen LogP contribution in [0, 0.1) is 0 Å². The van der Waals surface area contributed by atoms with Crippen LogP contribution in [0.2, 0.25) is 0 Å². The molecule has 1 aromatic rings. The maximum Gasteiger partial charge on any atom is 0.266 e. The van der Waals surface area contributed by atoms with E-state index in [2.05, 4.69) is 25.9 Å². The van der Waals surface area contributed by atoms with Crippen molar-refractivity contribution in [2.24, 2.45) is 0 Å². The molecule has 15 heavy (non-hydrogen) atoms. The number of nitrogens with zero attached hydrogens (tertiary/aromatic N) is 2. The second-order valence-corrected chi connectivity index (χ2v) is 5.49. The largest absolute Gasteiger partial charge is 0.348 e. The Morgan fingerprint density at radius 1 is 1.33 bits per heavy atom. The van der Waals surface area contributed by atoms with E-state index in [9.17, 15) is 4.79 Å². The summed E-state index contributed by atoms with van der Waals surface area (Å²) in [4.78, 5) is 20.6. The van der Waals surface area contributed by atoms with Gasteiger partial charge < -0.3 is 4.90 Å². The molecule has 1 rings (SSSR count). The summed E-state index contributed by atoms with van der Waals surface area (Å²) in [5, 5.41) is 0. The molecule has 4 nitrogen and oxygen atoms in total. The monoisotopic (exact) mass is 273 g/mol. The van der Waals surface area contributed by atoms with Crippen LogP contribution in [0.1, 0.15) is 26.5 Å². The van der Waals surface area contributed by atoms with Crippen molar-refractivity contribution in [1.29, 1.82) is 0 Å². The number of H-pyrrole nitrogens is 1. The SMILES string of the molecule is CN(C)c1nc(C(C)(C)C)c(Br)c(=O)[nH]1. The van der Waals surface area contributed by atoms with Crippen molar-refractivity contribution in [2.45, 2.75) is 26.2 Å². The molecule has 0 fully saturated rings. The average molecular weight is 274 g/mol. The molecule has 1 aromatic heterocycles. The minimum Gasteiger partial charge on any atom is -0.348 e. The lowest BCUT2D eigenvalue weighted by atomic mass is 9.92. The van der Waals surface area contributed by atoms with Crippen LogP contribution >= 0.6 is 15.9 Å². The van der Waals surface area contributed by atoms with Crippen molar-refractivity contribution in [2.75, 3.05) is 19.0 Å². The first-order chi connectivity index (χ1) is 6.73. The van der Waals surface area contributed by atoms with E-state index in [1.807, 2.05) is 34.9 Å². The molecular formula is C10H16BrN3O. The lowest BCUT2D eigenvalue weighted by Gasteiger charge is -2.21. The molecule has 1 heterocycles. The summed E-state index contributed by atoms with van der Waals surface area (Å²) in [6.45, 7) is 6.08. The molecule has 0 atom stereocenters. The Hall–Kier alpha value is -0.840. The summed E-state index contributed by atoms with van der Waals surface area (Å²) in [5.41, 5.74) is 0.478. The normalized spacial score (nSPS) is 11.6. The van der Waals surface area contributed by atoms with E-state index in [4.69, 9.17) is 0 Å². The molecule has 0 radical (unpaired) electrons. The molecule has 84 valence electrons. The molecule has 0 amide bonds. The number of hydrogen-bond acceptors (Lipinski definition) is 3. The van der Waals surface area contributed by atoms with Gasteiger partial charge in [0.05, 0.1) is 5.69 Å². The zero-order valence-corrected chi connectivity index (χ0v) is 11.3. The van der Waals surface area contributed by atoms with Gasteiger partial charge in [-0.1, -0.05) is 20.8 Å². The van der Waals surface area contributed by atoms with Crippen LogP contribution in [0.3, 0.4) is 0 Å². The standard InChI is InChI=1S/C10H16BrN3O/c1-10(2,3)7-6(11)8(15)13-9(12-7)14(4)5/h1-5H3,(H,12,13,15). The topological polar surface area (TPSA) is 49.0 Å². The summed E-state index contributed by atoms with van der Waals surface area (Å²) in [6.07, 6.45) is 0. The van der Waals surface area contributed by atoms with Crippen LogP contribution < -0.4 is 10.5 Å². The van der Waals surface area contributed by atoms with Crippen molar-refractivity contribution in [3.05, 3.63) is 20.5 Å². The first-order valence-corrected chi connectivity index (χ1v) is 5.50. The fraction of sp³-hybridized carbons (Fsp3) is 0.600. The number of aromatic amines is 1. The predicted molar refractivity (Wildman–Crippen MR) is 65.6 cm³/mol. The minimum absolute atomic E-state index is 0.140. The Bertz CT molecular complexity index is 418. The molecule has 0 unspecified atom stereocenters. The lowest BCUT2D eigenvalue weighted by Crippen LogP contribution is -2.25. The van der Waals surface area contributed by atoms with Gasteiger partial charge in [-0.3, -0.25) is 9.78 Å². The quantitative estimate of drug-likeness (QED) is 0.850. The number of aromatic nitrogens is 2. The minimum atomic E-state index is -0.155. The second kappa shape index (κ2) is 3.96. The first kappa shape index (κ1) is 12.2. The van der Waals surface area contributed by atoms with E-state index in [1.165, 1.54) is 0 Å². The van der Waals surface area contributed by atoms with Gasteiger partial charge in [-0.15, -0.1) is 0 Å². The molecular weight excluding hydrogens is 258 g/mol. The second-order valence-electron chi connectivity index (χ2n) is 4.70. The van der Waals surface area contributed by atoms with Gasteiger partial charge in [-0.05, 0) is 15.9 Å². The molecule has 0 saturated heterocycles. The maximum absolute atomic E-state index is 11.6. The van der Waals surface area contributed by atoms with Gasteiger partial charge in [-0.2, -0.15) is 0 Å². The maximum atomic E-state index is 11.6. The summed E-state index contributed by atoms with van der Waals surface area (Å²) in [7, 11) is 3.69. The van der Waals surface area contributed by atoms with Gasteiger partial charge in [0.2, 0.25) is 5.95 Å². The molecule has 1 N–H and O–H groups in total. The zero-order valence-electron chi connectivity index (χ0n) is 9.68. The smallest absolute Gasteiger partial charge is 0.266 e. The van der Waals surface area contributed by atoms with Crippen LogP contribution in [0.15, 0.2) is 9.27 Å². The van der Waals surface area contributed by atoms with E-state index in [0.29, 0.717) is 10.4 Å². The van der Waals surface area contributed by atoms with Crippen LogP contribution in [0.25, 0.3) is 0 Å². The van der Waals surface area contributed by atoms with Crippen molar-refractivity contribution >= 4 is 21.9 Å². The summed E-state index contributed by atoms with van der Waals surface area (Å²) < 4.78 is 0.514. The highest BCUT2D eigenvalue weighted by Gasteiger charge is 2.22. The fourth-order valence-electron chi connectivity index (χ4n) is 1.16.